The van der Waals surface area contributed by atoms with Crippen LogP contribution in [-0.4, -0.2) is 47.8 Å². The zero-order chi connectivity index (χ0) is 28.7. The number of hydrogen-bond acceptors (Lipinski definition) is 6. The largest absolute Gasteiger partial charge is 0.453 e. The molecule has 0 spiro atoms. The molecule has 1 aliphatic heterocycles. The molecule has 1 saturated carbocycles. The van der Waals surface area contributed by atoms with Gasteiger partial charge >= 0.3 is 6.09 Å². The lowest BCUT2D eigenvalue weighted by molar-refractivity contribution is -0.134. The van der Waals surface area contributed by atoms with Crippen molar-refractivity contribution >= 4 is 23.7 Å². The van der Waals surface area contributed by atoms with Crippen molar-refractivity contribution in [3.63, 3.8) is 0 Å². The van der Waals surface area contributed by atoms with E-state index in [1.165, 1.54) is 7.11 Å². The first kappa shape index (κ1) is 29.3. The van der Waals surface area contributed by atoms with E-state index in [-0.39, 0.29) is 23.7 Å². The van der Waals surface area contributed by atoms with Crippen LogP contribution < -0.4 is 11.1 Å². The first-order chi connectivity index (χ1) is 19.2. The van der Waals surface area contributed by atoms with Gasteiger partial charge in [-0.05, 0) is 61.5 Å². The minimum atomic E-state index is -0.993. The zero-order valence-electron chi connectivity index (χ0n) is 23.8. The molecule has 1 fully saturated rings. The van der Waals surface area contributed by atoms with Crippen LogP contribution in [0.15, 0.2) is 65.7 Å². The summed E-state index contributed by atoms with van der Waals surface area (Å²) in [6.07, 6.45) is 5.01. The second-order valence-electron chi connectivity index (χ2n) is 11.5. The minimum absolute atomic E-state index is 0.0302. The first-order valence-corrected chi connectivity index (χ1v) is 14.4. The number of alkyl carbamates (subject to hydrolysis) is 1. The average molecular weight is 547 g/mol. The van der Waals surface area contributed by atoms with Gasteiger partial charge in [-0.1, -0.05) is 80.9 Å². The zero-order valence-corrected chi connectivity index (χ0v) is 23.8. The van der Waals surface area contributed by atoms with Crippen LogP contribution in [0.2, 0.25) is 0 Å². The Hall–Kier alpha value is -3.68. The summed E-state index contributed by atoms with van der Waals surface area (Å²) in [4.78, 5) is 45.7. The van der Waals surface area contributed by atoms with E-state index in [9.17, 15) is 14.4 Å². The van der Waals surface area contributed by atoms with Crippen LogP contribution >= 0.6 is 0 Å². The fourth-order valence-electron chi connectivity index (χ4n) is 5.84. The maximum atomic E-state index is 14.1. The fourth-order valence-corrected chi connectivity index (χ4v) is 5.84. The number of guanidine groups is 1. The van der Waals surface area contributed by atoms with Crippen molar-refractivity contribution < 1.29 is 19.1 Å². The maximum Gasteiger partial charge on any atom is 0.407 e. The van der Waals surface area contributed by atoms with Crippen molar-refractivity contribution in [2.24, 2.45) is 22.6 Å². The van der Waals surface area contributed by atoms with E-state index >= 15 is 0 Å². The summed E-state index contributed by atoms with van der Waals surface area (Å²) in [5.74, 6) is 0.880. The molecule has 2 amide bonds. The molecule has 3 N–H and O–H groups in total. The molecule has 0 saturated heterocycles. The fraction of sp³-hybridized carbons (Fsp3) is 0.500. The number of rotatable bonds is 14. The molecule has 1 heterocycles. The predicted octanol–water partition coefficient (Wildman–Crippen LogP) is 4.96. The van der Waals surface area contributed by atoms with Crippen molar-refractivity contribution in [1.82, 2.24) is 10.2 Å². The SMILES string of the molecule is COC(=O)N[C@@H](Cc1ccccc1)C(=O)CCCC[C@@H](C1CC1)N1C(=O)[C@@](CC(C)C)(c2ccccc2)N=C1N. The number of nitrogens with zero attached hydrogens (tertiary/aromatic N) is 2. The molecule has 8 nitrogen and oxygen atoms in total. The lowest BCUT2D eigenvalue weighted by atomic mass is 9.82. The summed E-state index contributed by atoms with van der Waals surface area (Å²) in [5.41, 5.74) is 7.35. The lowest BCUT2D eigenvalue weighted by Gasteiger charge is -2.32. The second-order valence-corrected chi connectivity index (χ2v) is 11.5. The molecule has 3 atom stereocenters. The van der Waals surface area contributed by atoms with E-state index in [1.807, 2.05) is 60.7 Å². The molecule has 0 bridgehead atoms. The molecule has 2 aromatic rings. The number of carbonyl (C=O) groups is 3. The highest BCUT2D eigenvalue weighted by Gasteiger charge is 2.53. The number of nitrogens with two attached hydrogens (primary N) is 1. The normalized spacial score (nSPS) is 20.2. The van der Waals surface area contributed by atoms with Crippen molar-refractivity contribution in [2.45, 2.75) is 82.8 Å². The highest BCUT2D eigenvalue weighted by Crippen LogP contribution is 2.44. The van der Waals surface area contributed by atoms with Gasteiger partial charge in [0.05, 0.1) is 13.2 Å². The van der Waals surface area contributed by atoms with Gasteiger partial charge in [-0.2, -0.15) is 0 Å². The Morgan fingerprint density at radius 3 is 2.33 bits per heavy atom. The van der Waals surface area contributed by atoms with E-state index < -0.39 is 17.7 Å². The Morgan fingerprint density at radius 1 is 1.07 bits per heavy atom. The maximum absolute atomic E-state index is 14.1. The molecule has 2 aliphatic rings. The number of hydrogen-bond donors (Lipinski definition) is 2. The summed E-state index contributed by atoms with van der Waals surface area (Å²) in [6.45, 7) is 4.20. The number of nitrogens with one attached hydrogen (secondary N) is 1. The van der Waals surface area contributed by atoms with E-state index in [0.29, 0.717) is 37.6 Å². The standard InChI is InChI=1S/C32H42N4O4/c1-22(2)21-32(25-14-8-5-9-15-25)29(38)36(30(33)35-32)27(24-18-19-24)16-10-11-17-28(37)26(34-31(39)40-3)20-23-12-6-4-7-13-23/h4-9,12-15,22,24,26-27H,10-11,16-21H2,1-3H3,(H2,33,35)(H,34,39)/t26-,27-,32+/m0/s1. The van der Waals surface area contributed by atoms with Gasteiger partial charge in [0.1, 0.15) is 0 Å². The first-order valence-electron chi connectivity index (χ1n) is 14.4. The highest BCUT2D eigenvalue weighted by molar-refractivity contribution is 6.07. The summed E-state index contributed by atoms with van der Waals surface area (Å²) < 4.78 is 4.75. The molecule has 2 aromatic carbocycles. The Balaban J connectivity index is 1.41. The molecule has 40 heavy (non-hydrogen) atoms. The number of benzene rings is 2. The van der Waals surface area contributed by atoms with Gasteiger partial charge in [0.25, 0.3) is 5.91 Å². The number of aliphatic imine (C=N–C) groups is 1. The van der Waals surface area contributed by atoms with Crippen molar-refractivity contribution in [1.29, 1.82) is 0 Å². The number of ketones is 1. The summed E-state index contributed by atoms with van der Waals surface area (Å²) in [7, 11) is 1.29. The third-order valence-corrected chi connectivity index (χ3v) is 7.90. The van der Waals surface area contributed by atoms with Crippen molar-refractivity contribution in [2.75, 3.05) is 7.11 Å². The number of amides is 2. The number of carbonyl (C=O) groups excluding carboxylic acids is 3. The van der Waals surface area contributed by atoms with Crippen LogP contribution in [0.1, 0.15) is 69.9 Å². The molecule has 1 aliphatic carbocycles. The third kappa shape index (κ3) is 6.90. The van der Waals surface area contributed by atoms with Gasteiger partial charge in [-0.25, -0.2) is 9.79 Å². The summed E-state index contributed by atoms with van der Waals surface area (Å²) in [5, 5.41) is 2.69. The van der Waals surface area contributed by atoms with E-state index in [1.54, 1.807) is 4.90 Å². The topological polar surface area (TPSA) is 114 Å². The van der Waals surface area contributed by atoms with Crippen LogP contribution in [0, 0.1) is 11.8 Å². The number of ether oxygens (including phenoxy) is 1. The van der Waals surface area contributed by atoms with Gasteiger partial charge < -0.3 is 15.8 Å². The summed E-state index contributed by atoms with van der Waals surface area (Å²) in [6, 6.07) is 18.7. The second kappa shape index (κ2) is 13.1. The molecule has 0 unspecified atom stereocenters. The Kier molecular flexibility index (Phi) is 9.61. The van der Waals surface area contributed by atoms with Gasteiger partial charge in [-0.15, -0.1) is 0 Å². The quantitative estimate of drug-likeness (QED) is 0.325. The molecule has 0 aromatic heterocycles. The van der Waals surface area contributed by atoms with Crippen LogP contribution in [0.5, 0.6) is 0 Å². The lowest BCUT2D eigenvalue weighted by Crippen LogP contribution is -2.50. The van der Waals surface area contributed by atoms with E-state index in [2.05, 4.69) is 19.2 Å². The van der Waals surface area contributed by atoms with Gasteiger partial charge in [-0.3, -0.25) is 14.5 Å². The third-order valence-electron chi connectivity index (χ3n) is 7.90. The smallest absolute Gasteiger partial charge is 0.407 e. The minimum Gasteiger partial charge on any atom is -0.453 e. The molecular formula is C32H42N4O4. The number of methoxy groups -OCH3 is 1. The molecule has 8 heteroatoms. The monoisotopic (exact) mass is 546 g/mol. The van der Waals surface area contributed by atoms with Gasteiger partial charge in [0, 0.05) is 12.5 Å². The van der Waals surface area contributed by atoms with E-state index in [0.717, 1.165) is 36.8 Å². The summed E-state index contributed by atoms with van der Waals surface area (Å²) >= 11 is 0. The Bertz CT molecular complexity index is 1200. The van der Waals surface area contributed by atoms with Crippen LogP contribution in [0.4, 0.5) is 4.79 Å². The van der Waals surface area contributed by atoms with Crippen LogP contribution in [0.3, 0.4) is 0 Å². The number of unbranched alkanes of at least 4 members (excludes halogenated alkanes) is 1. The van der Waals surface area contributed by atoms with E-state index in [4.69, 9.17) is 15.5 Å². The van der Waals surface area contributed by atoms with Crippen molar-refractivity contribution in [3.05, 3.63) is 71.8 Å². The average Bonchev–Trinajstić information content (AvgIpc) is 3.76. The Labute approximate surface area is 237 Å². The number of Topliss-reactive ketones (excluding diaryl/α,β-unsaturated/α-hetero) is 1. The van der Waals surface area contributed by atoms with Gasteiger partial charge in [0.2, 0.25) is 0 Å². The molecule has 214 valence electrons. The van der Waals surface area contributed by atoms with Crippen LogP contribution in [0.25, 0.3) is 0 Å². The van der Waals surface area contributed by atoms with Crippen molar-refractivity contribution in [3.8, 4) is 0 Å². The predicted molar refractivity (Wildman–Crippen MR) is 156 cm³/mol. The molecule has 0 radical (unpaired) electrons. The molecule has 4 rings (SSSR count). The van der Waals surface area contributed by atoms with Crippen LogP contribution in [-0.2, 0) is 26.3 Å². The highest BCUT2D eigenvalue weighted by atomic mass is 16.5. The Morgan fingerprint density at radius 2 is 1.73 bits per heavy atom. The molecular weight excluding hydrogens is 504 g/mol. The van der Waals surface area contributed by atoms with Gasteiger partial charge in [0.15, 0.2) is 17.3 Å².